The van der Waals surface area contributed by atoms with Crippen molar-refractivity contribution >= 4 is 29.5 Å². The number of rotatable bonds is 4. The van der Waals surface area contributed by atoms with Crippen molar-refractivity contribution in [2.24, 2.45) is 22.1 Å². The average molecular weight is 546 g/mol. The molecule has 4 aliphatic heterocycles. The van der Waals surface area contributed by atoms with Gasteiger partial charge in [-0.2, -0.15) is 0 Å². The summed E-state index contributed by atoms with van der Waals surface area (Å²) in [7, 11) is 2.20. The Morgan fingerprint density at radius 1 is 1.23 bits per heavy atom. The summed E-state index contributed by atoms with van der Waals surface area (Å²) in [6.07, 6.45) is 8.97. The standard InChI is InChI=1S/C18H16N6O.C7H15N.C5H8O2/c19-17-16-15(22-11-24(16)10-9-21-17)12-4-6-13(7-5-12)18(25)23-14-3-1-2-8-20-14;1-7-4-3-5-8(2)6-7;1-5(2-6)3-7-4-5/h1-10,22H,11H2,(H2,19,21)(H,20,23,25);7H,3-6H2,1-2H3;2H,3-4H2,1H3/t;7-;/m.1./s1. The molecule has 4 N–H and O–H groups in total. The minimum atomic E-state index is -0.203. The number of benzene rings is 1. The molecule has 0 radical (unpaired) electrons. The van der Waals surface area contributed by atoms with Crippen LogP contribution in [0.1, 0.15) is 42.6 Å². The van der Waals surface area contributed by atoms with Gasteiger partial charge >= 0.3 is 0 Å². The minimum Gasteiger partial charge on any atom is -0.382 e. The predicted molar refractivity (Wildman–Crippen MR) is 157 cm³/mol. The van der Waals surface area contributed by atoms with E-state index in [1.54, 1.807) is 36.7 Å². The summed E-state index contributed by atoms with van der Waals surface area (Å²) in [4.78, 5) is 35.0. The first kappa shape index (κ1) is 29.0. The fourth-order valence-corrected chi connectivity index (χ4v) is 4.70. The number of fused-ring (bicyclic) bond motifs is 1. The SMILES string of the molecule is CC1(C=O)COC1.C[C@@H]1CCCN(C)C1.NC1=NC=CN2CNC(c3ccc(C(=O)Nc4ccccn4)cc3)=C12. The molecule has 2 fully saturated rings. The lowest BCUT2D eigenvalue weighted by molar-refractivity contribution is -0.141. The Kier molecular flexibility index (Phi) is 9.68. The Labute approximate surface area is 236 Å². The smallest absolute Gasteiger partial charge is 0.256 e. The van der Waals surface area contributed by atoms with Crippen molar-refractivity contribution in [3.63, 3.8) is 0 Å². The third-order valence-corrected chi connectivity index (χ3v) is 7.00. The first-order valence-electron chi connectivity index (χ1n) is 13.6. The van der Waals surface area contributed by atoms with Gasteiger partial charge in [-0.05, 0) is 69.1 Å². The number of amides is 1. The van der Waals surface area contributed by atoms with E-state index in [0.717, 1.165) is 29.2 Å². The molecule has 2 saturated heterocycles. The second-order valence-corrected chi connectivity index (χ2v) is 10.9. The maximum Gasteiger partial charge on any atom is 0.256 e. The molecular formula is C30H39N7O3. The molecule has 0 saturated carbocycles. The maximum absolute atomic E-state index is 12.3. The van der Waals surface area contributed by atoms with E-state index in [2.05, 4.69) is 39.5 Å². The number of nitrogens with zero attached hydrogens (tertiary/aromatic N) is 4. The van der Waals surface area contributed by atoms with Crippen molar-refractivity contribution in [3.05, 3.63) is 77.9 Å². The van der Waals surface area contributed by atoms with Crippen LogP contribution in [0.2, 0.25) is 0 Å². The lowest BCUT2D eigenvalue weighted by Crippen LogP contribution is -2.40. The summed E-state index contributed by atoms with van der Waals surface area (Å²) in [5.74, 6) is 1.73. The number of ether oxygens (including phenoxy) is 1. The predicted octanol–water partition coefficient (Wildman–Crippen LogP) is 3.28. The van der Waals surface area contributed by atoms with E-state index in [0.29, 0.717) is 37.1 Å². The van der Waals surface area contributed by atoms with Gasteiger partial charge in [0.05, 0.1) is 31.0 Å². The fourth-order valence-electron chi connectivity index (χ4n) is 4.70. The number of carbonyl (C=O) groups is 2. The van der Waals surface area contributed by atoms with Gasteiger partial charge in [0.2, 0.25) is 0 Å². The van der Waals surface area contributed by atoms with E-state index in [-0.39, 0.29) is 11.3 Å². The van der Waals surface area contributed by atoms with Gasteiger partial charge in [-0.1, -0.05) is 25.1 Å². The second-order valence-electron chi connectivity index (χ2n) is 10.9. The number of hydrogen-bond acceptors (Lipinski definition) is 9. The Bertz CT molecular complexity index is 1250. The van der Waals surface area contributed by atoms with Gasteiger partial charge in [-0.25, -0.2) is 9.98 Å². The van der Waals surface area contributed by atoms with E-state index in [9.17, 15) is 9.59 Å². The molecule has 10 nitrogen and oxygen atoms in total. The molecule has 0 spiro atoms. The molecule has 4 aliphatic rings. The molecule has 6 rings (SSSR count). The number of aromatic nitrogens is 1. The maximum atomic E-state index is 12.3. The molecule has 1 atom stereocenters. The number of pyridine rings is 1. The van der Waals surface area contributed by atoms with Crippen LogP contribution >= 0.6 is 0 Å². The third-order valence-electron chi connectivity index (χ3n) is 7.00. The van der Waals surface area contributed by atoms with Gasteiger partial charge in [0.1, 0.15) is 23.6 Å². The van der Waals surface area contributed by atoms with Gasteiger partial charge in [-0.15, -0.1) is 0 Å². The molecule has 10 heteroatoms. The van der Waals surface area contributed by atoms with Crippen molar-refractivity contribution in [1.29, 1.82) is 0 Å². The van der Waals surface area contributed by atoms with E-state index < -0.39 is 0 Å². The topological polar surface area (TPSA) is 125 Å². The quantitative estimate of drug-likeness (QED) is 0.500. The molecule has 40 heavy (non-hydrogen) atoms. The van der Waals surface area contributed by atoms with Crippen LogP contribution in [0, 0.1) is 11.3 Å². The highest BCUT2D eigenvalue weighted by Gasteiger charge is 2.32. The number of hydrogen-bond donors (Lipinski definition) is 3. The van der Waals surface area contributed by atoms with E-state index in [4.69, 9.17) is 10.5 Å². The van der Waals surface area contributed by atoms with Gasteiger partial charge in [0.15, 0.2) is 0 Å². The number of anilines is 1. The molecule has 212 valence electrons. The van der Waals surface area contributed by atoms with Crippen molar-refractivity contribution in [1.82, 2.24) is 20.1 Å². The monoisotopic (exact) mass is 545 g/mol. The lowest BCUT2D eigenvalue weighted by atomic mass is 9.91. The molecule has 1 aromatic carbocycles. The van der Waals surface area contributed by atoms with Crippen LogP contribution in [-0.4, -0.2) is 72.8 Å². The van der Waals surface area contributed by atoms with Crippen molar-refractivity contribution in [2.75, 3.05) is 45.3 Å². The zero-order chi connectivity index (χ0) is 28.5. The van der Waals surface area contributed by atoms with Crippen LogP contribution in [0.5, 0.6) is 0 Å². The largest absolute Gasteiger partial charge is 0.382 e. The lowest BCUT2D eigenvalue weighted by Gasteiger charge is -2.31. The molecule has 2 aromatic rings. The Hall–Kier alpha value is -4.02. The summed E-state index contributed by atoms with van der Waals surface area (Å²) >= 11 is 0. The summed E-state index contributed by atoms with van der Waals surface area (Å²) < 4.78 is 4.80. The highest BCUT2D eigenvalue weighted by Crippen LogP contribution is 2.26. The zero-order valence-electron chi connectivity index (χ0n) is 23.5. The van der Waals surface area contributed by atoms with Gasteiger partial charge in [-0.3, -0.25) is 4.79 Å². The molecule has 0 unspecified atom stereocenters. The number of aldehydes is 1. The second kappa shape index (κ2) is 13.4. The number of nitrogens with one attached hydrogen (secondary N) is 2. The van der Waals surface area contributed by atoms with Gasteiger partial charge in [0, 0.05) is 30.7 Å². The molecular weight excluding hydrogens is 506 g/mol. The van der Waals surface area contributed by atoms with Crippen LogP contribution in [0.15, 0.2) is 71.8 Å². The molecule has 1 aromatic heterocycles. The molecule has 5 heterocycles. The van der Waals surface area contributed by atoms with Crippen molar-refractivity contribution < 1.29 is 14.3 Å². The third kappa shape index (κ3) is 7.55. The summed E-state index contributed by atoms with van der Waals surface area (Å²) in [5, 5.41) is 6.08. The van der Waals surface area contributed by atoms with Crippen LogP contribution < -0.4 is 16.4 Å². The first-order chi connectivity index (χ1) is 19.3. The van der Waals surface area contributed by atoms with E-state index in [1.165, 1.54) is 25.9 Å². The number of carbonyl (C=O) groups excluding carboxylic acids is 2. The van der Waals surface area contributed by atoms with Gasteiger partial charge in [0.25, 0.3) is 5.91 Å². The first-order valence-corrected chi connectivity index (χ1v) is 13.6. The normalized spacial score (nSPS) is 20.8. The van der Waals surface area contributed by atoms with Crippen LogP contribution in [0.4, 0.5) is 5.82 Å². The molecule has 1 amide bonds. The Morgan fingerprint density at radius 2 is 2.00 bits per heavy atom. The van der Waals surface area contributed by atoms with Crippen LogP contribution in [0.3, 0.4) is 0 Å². The minimum absolute atomic E-state index is 0.139. The number of amidine groups is 1. The molecule has 0 aliphatic carbocycles. The summed E-state index contributed by atoms with van der Waals surface area (Å²) in [6, 6.07) is 12.7. The van der Waals surface area contributed by atoms with Crippen molar-refractivity contribution in [3.8, 4) is 0 Å². The van der Waals surface area contributed by atoms with E-state index >= 15 is 0 Å². The Balaban J connectivity index is 0.000000200. The van der Waals surface area contributed by atoms with Crippen LogP contribution in [0.25, 0.3) is 5.70 Å². The highest BCUT2D eigenvalue weighted by molar-refractivity contribution is 6.06. The number of nitrogens with two attached hydrogens (primary N) is 1. The summed E-state index contributed by atoms with van der Waals surface area (Å²) in [6.45, 7) is 8.69. The molecule has 0 bridgehead atoms. The number of piperidine rings is 1. The number of aliphatic imine (C=N–C) groups is 1. The fraction of sp³-hybridized carbons (Fsp3) is 0.400. The van der Waals surface area contributed by atoms with E-state index in [1.807, 2.05) is 36.2 Å². The number of likely N-dealkylation sites (tertiary alicyclic amines) is 1. The zero-order valence-corrected chi connectivity index (χ0v) is 23.5. The van der Waals surface area contributed by atoms with Crippen molar-refractivity contribution in [2.45, 2.75) is 26.7 Å². The van der Waals surface area contributed by atoms with Gasteiger partial charge < -0.3 is 35.7 Å². The Morgan fingerprint density at radius 3 is 2.55 bits per heavy atom. The van der Waals surface area contributed by atoms with Crippen LogP contribution in [-0.2, 0) is 9.53 Å². The summed E-state index contributed by atoms with van der Waals surface area (Å²) in [5.41, 5.74) is 9.12. The average Bonchev–Trinajstić information content (AvgIpc) is 3.39. The highest BCUT2D eigenvalue weighted by atomic mass is 16.5.